The lowest BCUT2D eigenvalue weighted by molar-refractivity contribution is 1.12. The summed E-state index contributed by atoms with van der Waals surface area (Å²) in [5.41, 5.74) is 6.49. The van der Waals surface area contributed by atoms with Gasteiger partial charge in [0.1, 0.15) is 0 Å². The average molecular weight is 225 g/mol. The number of nitrogens with one attached hydrogen (secondary N) is 1. The van der Waals surface area contributed by atoms with Gasteiger partial charge in [0.15, 0.2) is 0 Å². The van der Waals surface area contributed by atoms with E-state index in [9.17, 15) is 0 Å². The highest BCUT2D eigenvalue weighted by Crippen LogP contribution is 2.15. The molecule has 0 spiro atoms. The highest BCUT2D eigenvalue weighted by atomic mass is 14.9. The summed E-state index contributed by atoms with van der Waals surface area (Å²) >= 11 is 0. The summed E-state index contributed by atoms with van der Waals surface area (Å²) in [6, 6.07) is 15.1. The molecule has 0 atom stereocenters. The summed E-state index contributed by atoms with van der Waals surface area (Å²) in [5.74, 6) is 0. The van der Waals surface area contributed by atoms with Crippen molar-refractivity contribution in [2.24, 2.45) is 0 Å². The van der Waals surface area contributed by atoms with Crippen LogP contribution in [0.3, 0.4) is 0 Å². The van der Waals surface area contributed by atoms with Crippen LogP contribution < -0.4 is 5.32 Å². The molecule has 1 N–H and O–H groups in total. The Bertz CT molecular complexity index is 494. The summed E-state index contributed by atoms with van der Waals surface area (Å²) in [6.07, 6.45) is 0. The highest BCUT2D eigenvalue weighted by molar-refractivity contribution is 5.50. The lowest BCUT2D eigenvalue weighted by atomic mass is 10.1. The number of rotatable bonds is 3. The van der Waals surface area contributed by atoms with Crippen molar-refractivity contribution in [2.75, 3.05) is 5.32 Å². The van der Waals surface area contributed by atoms with Gasteiger partial charge in [-0.15, -0.1) is 0 Å². The molecular weight excluding hydrogens is 206 g/mol. The molecule has 0 aliphatic carbocycles. The molecule has 2 rings (SSSR count). The molecule has 88 valence electrons. The van der Waals surface area contributed by atoms with Gasteiger partial charge >= 0.3 is 0 Å². The van der Waals surface area contributed by atoms with Crippen LogP contribution >= 0.6 is 0 Å². The van der Waals surface area contributed by atoms with Crippen molar-refractivity contribution in [3.05, 3.63) is 64.7 Å². The van der Waals surface area contributed by atoms with Crippen LogP contribution in [0.2, 0.25) is 0 Å². The average Bonchev–Trinajstić information content (AvgIpc) is 2.27. The summed E-state index contributed by atoms with van der Waals surface area (Å²) in [4.78, 5) is 0. The number of para-hydroxylation sites is 1. The van der Waals surface area contributed by atoms with E-state index in [-0.39, 0.29) is 0 Å². The lowest BCUT2D eigenvalue weighted by Crippen LogP contribution is -2.01. The number of aryl methyl sites for hydroxylation is 3. The second-order valence-electron chi connectivity index (χ2n) is 4.66. The van der Waals surface area contributed by atoms with E-state index < -0.39 is 0 Å². The van der Waals surface area contributed by atoms with Gasteiger partial charge in [0.2, 0.25) is 0 Å². The fraction of sp³-hybridized carbons (Fsp3) is 0.250. The molecule has 0 fully saturated rings. The van der Waals surface area contributed by atoms with Gasteiger partial charge in [0.25, 0.3) is 0 Å². The molecule has 2 aromatic rings. The second kappa shape index (κ2) is 5.05. The molecule has 0 bridgehead atoms. The minimum absolute atomic E-state index is 0.882. The van der Waals surface area contributed by atoms with Gasteiger partial charge in [-0.2, -0.15) is 0 Å². The SMILES string of the molecule is Cc1cc(C)cc(CNc2ccccc2C)c1. The smallest absolute Gasteiger partial charge is 0.0401 e. The van der Waals surface area contributed by atoms with Gasteiger partial charge in [0.05, 0.1) is 0 Å². The van der Waals surface area contributed by atoms with Gasteiger partial charge in [0, 0.05) is 12.2 Å². The standard InChI is InChI=1S/C16H19N/c1-12-8-13(2)10-15(9-12)11-17-16-7-5-4-6-14(16)3/h4-10,17H,11H2,1-3H3. The van der Waals surface area contributed by atoms with Crippen molar-refractivity contribution in [1.29, 1.82) is 0 Å². The minimum Gasteiger partial charge on any atom is -0.381 e. The van der Waals surface area contributed by atoms with Crippen LogP contribution in [0.15, 0.2) is 42.5 Å². The number of benzene rings is 2. The normalized spacial score (nSPS) is 10.3. The van der Waals surface area contributed by atoms with Gasteiger partial charge < -0.3 is 5.32 Å². The molecule has 0 radical (unpaired) electrons. The first kappa shape index (κ1) is 11.7. The van der Waals surface area contributed by atoms with Crippen LogP contribution in [0.25, 0.3) is 0 Å². The van der Waals surface area contributed by atoms with Gasteiger partial charge in [-0.05, 0) is 38.0 Å². The molecule has 0 unspecified atom stereocenters. The molecule has 0 heterocycles. The Morgan fingerprint density at radius 1 is 0.882 bits per heavy atom. The van der Waals surface area contributed by atoms with E-state index in [4.69, 9.17) is 0 Å². The third kappa shape index (κ3) is 3.10. The van der Waals surface area contributed by atoms with E-state index in [2.05, 4.69) is 68.6 Å². The van der Waals surface area contributed by atoms with E-state index in [0.29, 0.717) is 0 Å². The molecule has 1 heteroatoms. The molecular formula is C16H19N. The van der Waals surface area contributed by atoms with Gasteiger partial charge in [-0.3, -0.25) is 0 Å². The van der Waals surface area contributed by atoms with Crippen molar-refractivity contribution < 1.29 is 0 Å². The quantitative estimate of drug-likeness (QED) is 0.824. The lowest BCUT2D eigenvalue weighted by Gasteiger charge is -2.10. The van der Waals surface area contributed by atoms with E-state index in [1.165, 1.54) is 27.9 Å². The molecule has 0 saturated heterocycles. The van der Waals surface area contributed by atoms with Crippen molar-refractivity contribution in [3.8, 4) is 0 Å². The largest absolute Gasteiger partial charge is 0.381 e. The van der Waals surface area contributed by atoms with Crippen molar-refractivity contribution in [2.45, 2.75) is 27.3 Å². The zero-order valence-electron chi connectivity index (χ0n) is 10.7. The fourth-order valence-electron chi connectivity index (χ4n) is 2.14. The van der Waals surface area contributed by atoms with Crippen molar-refractivity contribution >= 4 is 5.69 Å². The summed E-state index contributed by atoms with van der Waals surface area (Å²) < 4.78 is 0. The van der Waals surface area contributed by atoms with Crippen LogP contribution in [0, 0.1) is 20.8 Å². The highest BCUT2D eigenvalue weighted by Gasteiger charge is 1.98. The Labute approximate surface area is 103 Å². The summed E-state index contributed by atoms with van der Waals surface area (Å²) in [7, 11) is 0. The summed E-state index contributed by atoms with van der Waals surface area (Å²) in [6.45, 7) is 7.30. The van der Waals surface area contributed by atoms with E-state index >= 15 is 0 Å². The molecule has 1 nitrogen and oxygen atoms in total. The van der Waals surface area contributed by atoms with Crippen LogP contribution in [-0.4, -0.2) is 0 Å². The molecule has 0 saturated carbocycles. The molecule has 2 aromatic carbocycles. The molecule has 0 amide bonds. The van der Waals surface area contributed by atoms with Crippen LogP contribution in [-0.2, 0) is 6.54 Å². The first-order valence-electron chi connectivity index (χ1n) is 6.02. The Hall–Kier alpha value is -1.76. The Morgan fingerprint density at radius 2 is 1.53 bits per heavy atom. The fourth-order valence-corrected chi connectivity index (χ4v) is 2.14. The van der Waals surface area contributed by atoms with Crippen LogP contribution in [0.1, 0.15) is 22.3 Å². The van der Waals surface area contributed by atoms with Crippen molar-refractivity contribution in [1.82, 2.24) is 0 Å². The number of hydrogen-bond donors (Lipinski definition) is 1. The van der Waals surface area contributed by atoms with Gasteiger partial charge in [-0.25, -0.2) is 0 Å². The predicted octanol–water partition coefficient (Wildman–Crippen LogP) is 4.22. The maximum absolute atomic E-state index is 3.48. The Balaban J connectivity index is 2.10. The topological polar surface area (TPSA) is 12.0 Å². The first-order valence-corrected chi connectivity index (χ1v) is 6.02. The van der Waals surface area contributed by atoms with Crippen molar-refractivity contribution in [3.63, 3.8) is 0 Å². The second-order valence-corrected chi connectivity index (χ2v) is 4.66. The summed E-state index contributed by atoms with van der Waals surface area (Å²) in [5, 5.41) is 3.48. The zero-order chi connectivity index (χ0) is 12.3. The third-order valence-corrected chi connectivity index (χ3v) is 2.91. The molecule has 17 heavy (non-hydrogen) atoms. The predicted molar refractivity (Wildman–Crippen MR) is 74.4 cm³/mol. The first-order chi connectivity index (χ1) is 8.15. The van der Waals surface area contributed by atoms with E-state index in [1.807, 2.05) is 0 Å². The monoisotopic (exact) mass is 225 g/mol. The minimum atomic E-state index is 0.882. The Morgan fingerprint density at radius 3 is 2.18 bits per heavy atom. The van der Waals surface area contributed by atoms with Crippen LogP contribution in [0.4, 0.5) is 5.69 Å². The molecule has 0 aliphatic heterocycles. The maximum atomic E-state index is 3.48. The Kier molecular flexibility index (Phi) is 3.48. The molecule has 0 aliphatic rings. The van der Waals surface area contributed by atoms with E-state index in [0.717, 1.165) is 6.54 Å². The maximum Gasteiger partial charge on any atom is 0.0401 e. The third-order valence-electron chi connectivity index (χ3n) is 2.91. The zero-order valence-corrected chi connectivity index (χ0v) is 10.7. The van der Waals surface area contributed by atoms with Crippen LogP contribution in [0.5, 0.6) is 0 Å². The van der Waals surface area contributed by atoms with E-state index in [1.54, 1.807) is 0 Å². The van der Waals surface area contributed by atoms with Gasteiger partial charge in [-0.1, -0.05) is 47.5 Å². The number of hydrogen-bond acceptors (Lipinski definition) is 1. The molecule has 0 aromatic heterocycles. The number of anilines is 1.